The van der Waals surface area contributed by atoms with Crippen LogP contribution >= 0.6 is 0 Å². The summed E-state index contributed by atoms with van der Waals surface area (Å²) in [5.41, 5.74) is -0.0670. The number of urea groups is 1. The summed E-state index contributed by atoms with van der Waals surface area (Å²) in [6.07, 6.45) is 5.88. The van der Waals surface area contributed by atoms with Gasteiger partial charge < -0.3 is 9.32 Å². The summed E-state index contributed by atoms with van der Waals surface area (Å²) in [4.78, 5) is 40.2. The number of benzene rings is 1. The number of hydrogen-bond acceptors (Lipinski definition) is 5. The number of anilines is 2. The van der Waals surface area contributed by atoms with E-state index in [0.717, 1.165) is 43.0 Å². The highest BCUT2D eigenvalue weighted by Gasteiger charge is 2.37. The number of carbonyl (C=O) groups excluding carboxylic acids is 3. The molecule has 150 valence electrons. The fraction of sp³-hybridized carbons (Fsp3) is 0.286. The quantitative estimate of drug-likeness (QED) is 0.634. The molecule has 2 aromatic rings. The van der Waals surface area contributed by atoms with Crippen molar-refractivity contribution in [3.05, 3.63) is 53.5 Å². The molecule has 7 nitrogen and oxygen atoms in total. The van der Waals surface area contributed by atoms with Gasteiger partial charge in [-0.2, -0.15) is 0 Å². The highest BCUT2D eigenvalue weighted by atomic mass is 19.1. The predicted octanol–water partition coefficient (Wildman–Crippen LogP) is 3.47. The van der Waals surface area contributed by atoms with Crippen LogP contribution in [0.15, 0.2) is 46.4 Å². The average molecular weight is 397 g/mol. The van der Waals surface area contributed by atoms with E-state index in [4.69, 9.17) is 4.42 Å². The Hall–Kier alpha value is -3.42. The van der Waals surface area contributed by atoms with E-state index in [1.165, 1.54) is 31.1 Å². The molecule has 0 aliphatic carbocycles. The lowest BCUT2D eigenvalue weighted by Crippen LogP contribution is -2.54. The normalized spacial score (nSPS) is 19.5. The van der Waals surface area contributed by atoms with Gasteiger partial charge in [-0.1, -0.05) is 12.8 Å². The number of amides is 4. The van der Waals surface area contributed by atoms with E-state index < -0.39 is 23.7 Å². The predicted molar refractivity (Wildman–Crippen MR) is 105 cm³/mol. The van der Waals surface area contributed by atoms with Gasteiger partial charge in [0.2, 0.25) is 0 Å². The van der Waals surface area contributed by atoms with Crippen molar-refractivity contribution in [2.45, 2.75) is 25.7 Å². The molecule has 0 atom stereocenters. The lowest BCUT2D eigenvalue weighted by Gasteiger charge is -2.26. The molecular formula is C21H20FN3O4. The van der Waals surface area contributed by atoms with Gasteiger partial charge in [-0.05, 0) is 49.2 Å². The molecule has 4 amide bonds. The number of barbiturate groups is 1. The first-order chi connectivity index (χ1) is 14.0. The van der Waals surface area contributed by atoms with Gasteiger partial charge in [0.05, 0.1) is 5.69 Å². The van der Waals surface area contributed by atoms with Crippen LogP contribution in [-0.4, -0.2) is 30.9 Å². The Bertz CT molecular complexity index is 972. The summed E-state index contributed by atoms with van der Waals surface area (Å²) in [6.45, 7) is 1.80. The minimum Gasteiger partial charge on any atom is -0.441 e. The molecule has 1 aromatic carbocycles. The zero-order valence-corrected chi connectivity index (χ0v) is 15.7. The molecule has 4 rings (SSSR count). The maximum absolute atomic E-state index is 13.2. The fourth-order valence-electron chi connectivity index (χ4n) is 3.51. The van der Waals surface area contributed by atoms with E-state index in [9.17, 15) is 18.8 Å². The molecule has 0 bridgehead atoms. The molecular weight excluding hydrogens is 377 g/mol. The van der Waals surface area contributed by atoms with E-state index in [-0.39, 0.29) is 11.3 Å². The third-order valence-electron chi connectivity index (χ3n) is 5.00. The van der Waals surface area contributed by atoms with Crippen molar-refractivity contribution >= 4 is 35.5 Å². The van der Waals surface area contributed by atoms with E-state index in [1.807, 2.05) is 6.07 Å². The first kappa shape index (κ1) is 18.9. The third-order valence-corrected chi connectivity index (χ3v) is 5.00. The number of nitrogens with zero attached hydrogens (tertiary/aromatic N) is 2. The smallest absolute Gasteiger partial charge is 0.335 e. The fourth-order valence-corrected chi connectivity index (χ4v) is 3.51. The monoisotopic (exact) mass is 397 g/mol. The Morgan fingerprint density at radius 2 is 1.62 bits per heavy atom. The zero-order chi connectivity index (χ0) is 20.4. The van der Waals surface area contributed by atoms with E-state index in [2.05, 4.69) is 10.2 Å². The van der Waals surface area contributed by atoms with Gasteiger partial charge in [-0.25, -0.2) is 14.1 Å². The maximum Gasteiger partial charge on any atom is 0.335 e. The molecule has 1 aromatic heterocycles. The standard InChI is InChI=1S/C21H20FN3O4/c22-14-5-7-15(8-6-14)25-20(27)17(19(26)23-21(25)28)13-16-9-10-18(29-16)24-11-3-1-2-4-12-24/h5-10,13H,1-4,11-12H2,(H,23,26,28)/b17-13+. The second-order valence-corrected chi connectivity index (χ2v) is 7.01. The molecule has 3 heterocycles. The van der Waals surface area contributed by atoms with Crippen LogP contribution in [0.5, 0.6) is 0 Å². The SMILES string of the molecule is O=C1NC(=O)N(c2ccc(F)cc2)C(=O)/C1=C/c1ccc(N2CCCCCC2)o1. The van der Waals surface area contributed by atoms with Gasteiger partial charge in [0.25, 0.3) is 11.8 Å². The van der Waals surface area contributed by atoms with Crippen molar-refractivity contribution in [1.82, 2.24) is 5.32 Å². The third kappa shape index (κ3) is 3.91. The van der Waals surface area contributed by atoms with Gasteiger partial charge in [-0.15, -0.1) is 0 Å². The maximum atomic E-state index is 13.2. The molecule has 8 heteroatoms. The molecule has 29 heavy (non-hydrogen) atoms. The van der Waals surface area contributed by atoms with Gasteiger partial charge in [0.1, 0.15) is 17.2 Å². The highest BCUT2D eigenvalue weighted by Crippen LogP contribution is 2.26. The van der Waals surface area contributed by atoms with Crippen molar-refractivity contribution in [3.8, 4) is 0 Å². The Kier molecular flexibility index (Phi) is 5.16. The lowest BCUT2D eigenvalue weighted by molar-refractivity contribution is -0.122. The lowest BCUT2D eigenvalue weighted by atomic mass is 10.1. The van der Waals surface area contributed by atoms with Gasteiger partial charge in [0, 0.05) is 19.2 Å². The Morgan fingerprint density at radius 3 is 2.31 bits per heavy atom. The number of furan rings is 1. The Morgan fingerprint density at radius 1 is 0.931 bits per heavy atom. The number of halogens is 1. The van der Waals surface area contributed by atoms with Gasteiger partial charge in [-0.3, -0.25) is 14.9 Å². The summed E-state index contributed by atoms with van der Waals surface area (Å²) in [5.74, 6) is -1.06. The van der Waals surface area contributed by atoms with E-state index in [0.29, 0.717) is 11.6 Å². The molecule has 2 fully saturated rings. The van der Waals surface area contributed by atoms with Crippen molar-refractivity contribution in [2.75, 3.05) is 22.9 Å². The van der Waals surface area contributed by atoms with Crippen LogP contribution in [0.4, 0.5) is 20.8 Å². The summed E-state index contributed by atoms with van der Waals surface area (Å²) in [7, 11) is 0. The number of hydrogen-bond donors (Lipinski definition) is 1. The minimum absolute atomic E-state index is 0.164. The minimum atomic E-state index is -0.881. The van der Waals surface area contributed by atoms with E-state index >= 15 is 0 Å². The second-order valence-electron chi connectivity index (χ2n) is 7.01. The number of carbonyl (C=O) groups is 3. The molecule has 0 saturated carbocycles. The molecule has 1 N–H and O–H groups in total. The Balaban J connectivity index is 1.60. The topological polar surface area (TPSA) is 82.9 Å². The van der Waals surface area contributed by atoms with Crippen LogP contribution in [0.2, 0.25) is 0 Å². The summed E-state index contributed by atoms with van der Waals surface area (Å²) in [6, 6.07) is 7.48. The molecule has 2 saturated heterocycles. The van der Waals surface area contributed by atoms with Crippen molar-refractivity contribution in [3.63, 3.8) is 0 Å². The van der Waals surface area contributed by atoms with Crippen LogP contribution in [-0.2, 0) is 9.59 Å². The zero-order valence-electron chi connectivity index (χ0n) is 15.7. The number of imide groups is 2. The summed E-state index contributed by atoms with van der Waals surface area (Å²) < 4.78 is 19.0. The average Bonchev–Trinajstić information content (AvgIpc) is 2.99. The molecule has 2 aliphatic rings. The molecule has 2 aliphatic heterocycles. The van der Waals surface area contributed by atoms with Crippen LogP contribution in [0.1, 0.15) is 31.4 Å². The van der Waals surface area contributed by atoms with Crippen molar-refractivity contribution in [1.29, 1.82) is 0 Å². The first-order valence-corrected chi connectivity index (χ1v) is 9.55. The van der Waals surface area contributed by atoms with E-state index in [1.54, 1.807) is 6.07 Å². The molecule has 0 unspecified atom stereocenters. The Labute approximate surface area is 166 Å². The van der Waals surface area contributed by atoms with Gasteiger partial charge in [0.15, 0.2) is 5.88 Å². The van der Waals surface area contributed by atoms with Crippen LogP contribution in [0, 0.1) is 5.82 Å². The number of rotatable bonds is 3. The molecule has 0 spiro atoms. The van der Waals surface area contributed by atoms with Crippen LogP contribution in [0.3, 0.4) is 0 Å². The molecule has 0 radical (unpaired) electrons. The van der Waals surface area contributed by atoms with Gasteiger partial charge >= 0.3 is 6.03 Å². The first-order valence-electron chi connectivity index (χ1n) is 9.55. The van der Waals surface area contributed by atoms with Crippen molar-refractivity contribution in [2.24, 2.45) is 0 Å². The highest BCUT2D eigenvalue weighted by molar-refractivity contribution is 6.39. The summed E-state index contributed by atoms with van der Waals surface area (Å²) in [5, 5.41) is 2.13. The van der Waals surface area contributed by atoms with Crippen LogP contribution in [0.25, 0.3) is 6.08 Å². The van der Waals surface area contributed by atoms with Crippen LogP contribution < -0.4 is 15.1 Å². The van der Waals surface area contributed by atoms with Crippen molar-refractivity contribution < 1.29 is 23.2 Å². The second kappa shape index (κ2) is 7.90. The number of nitrogens with one attached hydrogen (secondary N) is 1. The summed E-state index contributed by atoms with van der Waals surface area (Å²) >= 11 is 0. The largest absolute Gasteiger partial charge is 0.441 e.